The minimum absolute atomic E-state index is 0.00571. The average Bonchev–Trinajstić information content (AvgIpc) is 2.71. The van der Waals surface area contributed by atoms with Crippen molar-refractivity contribution in [1.82, 2.24) is 15.1 Å². The molecule has 23 heavy (non-hydrogen) atoms. The Morgan fingerprint density at radius 2 is 2.04 bits per heavy atom. The number of nitrogens with zero attached hydrogens (tertiary/aromatic N) is 2. The van der Waals surface area contributed by atoms with Crippen LogP contribution in [0.3, 0.4) is 0 Å². The molecule has 1 aromatic carbocycles. The van der Waals surface area contributed by atoms with Crippen LogP contribution in [0.25, 0.3) is 0 Å². The first-order valence-electron chi connectivity index (χ1n) is 7.28. The Morgan fingerprint density at radius 3 is 2.61 bits per heavy atom. The van der Waals surface area contributed by atoms with Crippen LogP contribution in [0.4, 0.5) is 14.5 Å². The maximum absolute atomic E-state index is 13.7. The Kier molecular flexibility index (Phi) is 5.10. The van der Waals surface area contributed by atoms with Gasteiger partial charge in [0.15, 0.2) is 0 Å². The first-order valence-corrected chi connectivity index (χ1v) is 7.28. The van der Waals surface area contributed by atoms with Crippen LogP contribution in [0.2, 0.25) is 0 Å². The van der Waals surface area contributed by atoms with E-state index in [1.54, 1.807) is 18.7 Å². The van der Waals surface area contributed by atoms with Crippen LogP contribution in [0.1, 0.15) is 29.9 Å². The van der Waals surface area contributed by atoms with E-state index >= 15 is 0 Å². The van der Waals surface area contributed by atoms with Gasteiger partial charge in [-0.05, 0) is 26.8 Å². The molecule has 1 amide bonds. The minimum Gasteiger partial charge on any atom is -0.322 e. The topological polar surface area (TPSA) is 59.0 Å². The molecular weight excluding hydrogens is 302 g/mol. The molecule has 0 saturated heterocycles. The molecule has 7 heteroatoms. The smallest absolute Gasteiger partial charge is 0.238 e. The van der Waals surface area contributed by atoms with Gasteiger partial charge < -0.3 is 10.6 Å². The number of nitrogens with one attached hydrogen (secondary N) is 2. The Hall–Kier alpha value is -2.28. The van der Waals surface area contributed by atoms with Crippen molar-refractivity contribution >= 4 is 11.6 Å². The molecule has 0 fully saturated rings. The van der Waals surface area contributed by atoms with Gasteiger partial charge >= 0.3 is 0 Å². The lowest BCUT2D eigenvalue weighted by Gasteiger charge is -2.15. The summed E-state index contributed by atoms with van der Waals surface area (Å²) >= 11 is 0. The number of hydrogen-bond acceptors (Lipinski definition) is 3. The zero-order valence-electron chi connectivity index (χ0n) is 13.6. The minimum atomic E-state index is -0.635. The first-order chi connectivity index (χ1) is 10.8. The van der Waals surface area contributed by atoms with Gasteiger partial charge in [0.1, 0.15) is 11.6 Å². The number of rotatable bonds is 5. The molecule has 5 nitrogen and oxygen atoms in total. The molecular formula is C16H20F2N4O. The predicted molar refractivity (Wildman–Crippen MR) is 84.1 cm³/mol. The van der Waals surface area contributed by atoms with Crippen molar-refractivity contribution in [2.45, 2.75) is 26.8 Å². The van der Waals surface area contributed by atoms with E-state index in [1.165, 1.54) is 12.1 Å². The number of amides is 1. The van der Waals surface area contributed by atoms with Crippen molar-refractivity contribution in [1.29, 1.82) is 0 Å². The molecule has 124 valence electrons. The summed E-state index contributed by atoms with van der Waals surface area (Å²) in [6.07, 6.45) is 0. The highest BCUT2D eigenvalue weighted by Gasteiger charge is 2.15. The zero-order valence-corrected chi connectivity index (χ0v) is 13.6. The molecule has 1 aromatic heterocycles. The fourth-order valence-electron chi connectivity index (χ4n) is 2.35. The maximum Gasteiger partial charge on any atom is 0.238 e. The van der Waals surface area contributed by atoms with Crippen molar-refractivity contribution < 1.29 is 13.6 Å². The van der Waals surface area contributed by atoms with Crippen LogP contribution < -0.4 is 10.6 Å². The maximum atomic E-state index is 13.7. The van der Waals surface area contributed by atoms with Gasteiger partial charge in [0, 0.05) is 24.7 Å². The van der Waals surface area contributed by atoms with E-state index in [9.17, 15) is 13.6 Å². The molecule has 0 bridgehead atoms. The molecule has 0 aliphatic heterocycles. The highest BCUT2D eigenvalue weighted by Crippen LogP contribution is 2.19. The number of benzene rings is 1. The van der Waals surface area contributed by atoms with Gasteiger partial charge in [-0.15, -0.1) is 0 Å². The third kappa shape index (κ3) is 3.92. The summed E-state index contributed by atoms with van der Waals surface area (Å²) in [4.78, 5) is 12.0. The highest BCUT2D eigenvalue weighted by atomic mass is 19.1. The van der Waals surface area contributed by atoms with Gasteiger partial charge in [-0.25, -0.2) is 8.78 Å². The Balaban J connectivity index is 1.96. The van der Waals surface area contributed by atoms with E-state index in [4.69, 9.17) is 0 Å². The summed E-state index contributed by atoms with van der Waals surface area (Å²) < 4.78 is 28.3. The molecule has 0 aliphatic rings. The van der Waals surface area contributed by atoms with Crippen LogP contribution in [0, 0.1) is 25.5 Å². The van der Waals surface area contributed by atoms with E-state index in [0.29, 0.717) is 11.3 Å². The Morgan fingerprint density at radius 1 is 1.35 bits per heavy atom. The fourth-order valence-corrected chi connectivity index (χ4v) is 2.35. The lowest BCUT2D eigenvalue weighted by molar-refractivity contribution is -0.115. The molecule has 2 rings (SSSR count). The molecule has 1 heterocycles. The average molecular weight is 322 g/mol. The number of halogens is 2. The summed E-state index contributed by atoms with van der Waals surface area (Å²) in [5, 5.41) is 9.94. The normalized spacial score (nSPS) is 12.3. The third-order valence-corrected chi connectivity index (χ3v) is 3.77. The summed E-state index contributed by atoms with van der Waals surface area (Å²) in [6.45, 7) is 5.39. The van der Waals surface area contributed by atoms with Crippen LogP contribution in [-0.4, -0.2) is 22.2 Å². The molecule has 1 atom stereocenters. The molecule has 0 unspecified atom stereocenters. The second-order valence-electron chi connectivity index (χ2n) is 5.49. The van der Waals surface area contributed by atoms with Crippen molar-refractivity contribution in [3.05, 3.63) is 46.8 Å². The number of carbonyl (C=O) groups is 1. The van der Waals surface area contributed by atoms with E-state index in [1.807, 2.05) is 13.8 Å². The van der Waals surface area contributed by atoms with Gasteiger partial charge in [0.25, 0.3) is 0 Å². The molecule has 0 spiro atoms. The van der Waals surface area contributed by atoms with Crippen molar-refractivity contribution in [2.24, 2.45) is 7.05 Å². The van der Waals surface area contributed by atoms with Crippen LogP contribution in [0.5, 0.6) is 0 Å². The summed E-state index contributed by atoms with van der Waals surface area (Å²) in [6, 6.07) is 2.97. The third-order valence-electron chi connectivity index (χ3n) is 3.77. The molecule has 0 saturated carbocycles. The second-order valence-corrected chi connectivity index (χ2v) is 5.49. The number of aromatic nitrogens is 2. The predicted octanol–water partition coefficient (Wildman–Crippen LogP) is 2.60. The van der Waals surface area contributed by atoms with Crippen LogP contribution in [0.15, 0.2) is 18.2 Å². The van der Waals surface area contributed by atoms with Crippen molar-refractivity contribution in [2.75, 3.05) is 11.9 Å². The number of hydrogen-bond donors (Lipinski definition) is 2. The summed E-state index contributed by atoms with van der Waals surface area (Å²) in [5.41, 5.74) is 2.58. The van der Waals surface area contributed by atoms with Gasteiger partial charge in [0.2, 0.25) is 5.91 Å². The van der Waals surface area contributed by atoms with Crippen molar-refractivity contribution in [3.8, 4) is 0 Å². The Labute approximate surface area is 133 Å². The first kappa shape index (κ1) is 17.1. The molecule has 0 radical (unpaired) electrons. The Bertz CT molecular complexity index is 727. The molecule has 2 aromatic rings. The monoisotopic (exact) mass is 322 g/mol. The van der Waals surface area contributed by atoms with Crippen molar-refractivity contribution in [3.63, 3.8) is 0 Å². The second kappa shape index (κ2) is 6.87. The summed E-state index contributed by atoms with van der Waals surface area (Å²) in [5.74, 6) is -1.51. The quantitative estimate of drug-likeness (QED) is 0.889. The number of carbonyl (C=O) groups excluding carboxylic acids is 1. The number of aryl methyl sites for hydroxylation is 2. The summed E-state index contributed by atoms with van der Waals surface area (Å²) in [7, 11) is 1.80. The van der Waals surface area contributed by atoms with E-state index in [-0.39, 0.29) is 12.5 Å². The fraction of sp³-hybridized carbons (Fsp3) is 0.375. The van der Waals surface area contributed by atoms with E-state index < -0.39 is 17.7 Å². The van der Waals surface area contributed by atoms with E-state index in [2.05, 4.69) is 15.7 Å². The molecule has 2 N–H and O–H groups in total. The lowest BCUT2D eigenvalue weighted by atomic mass is 10.1. The molecule has 0 aliphatic carbocycles. The standard InChI is InChI=1S/C16H20F2N4O/c1-9(13-6-5-12(17)7-14(13)18)19-8-15(23)20-16-10(2)21-22(4)11(16)3/h5-7,9,19H,8H2,1-4H3,(H,20,23)/t9-/m1/s1. The highest BCUT2D eigenvalue weighted by molar-refractivity contribution is 5.93. The van der Waals surface area contributed by atoms with Gasteiger partial charge in [-0.2, -0.15) is 5.10 Å². The van der Waals surface area contributed by atoms with Gasteiger partial charge in [-0.1, -0.05) is 6.07 Å². The van der Waals surface area contributed by atoms with Gasteiger partial charge in [-0.3, -0.25) is 9.48 Å². The van der Waals surface area contributed by atoms with Crippen LogP contribution >= 0.6 is 0 Å². The van der Waals surface area contributed by atoms with Crippen LogP contribution in [-0.2, 0) is 11.8 Å². The zero-order chi connectivity index (χ0) is 17.1. The largest absolute Gasteiger partial charge is 0.322 e. The number of anilines is 1. The van der Waals surface area contributed by atoms with E-state index in [0.717, 1.165) is 17.5 Å². The van der Waals surface area contributed by atoms with Gasteiger partial charge in [0.05, 0.1) is 23.6 Å². The SMILES string of the molecule is Cc1nn(C)c(C)c1NC(=O)CN[C@H](C)c1ccc(F)cc1F. The lowest BCUT2D eigenvalue weighted by Crippen LogP contribution is -2.30.